The van der Waals surface area contributed by atoms with E-state index in [1.807, 2.05) is 12.1 Å². The number of hydrogen-bond acceptors (Lipinski definition) is 2. The summed E-state index contributed by atoms with van der Waals surface area (Å²) in [5.74, 6) is -1.01. The lowest BCUT2D eigenvalue weighted by Crippen LogP contribution is -2.17. The van der Waals surface area contributed by atoms with Gasteiger partial charge in [-0.05, 0) is 48.9 Å². The highest BCUT2D eigenvalue weighted by atomic mass is 35.5. The van der Waals surface area contributed by atoms with Crippen LogP contribution in [0.4, 0.5) is 8.78 Å². The van der Waals surface area contributed by atoms with E-state index in [1.165, 1.54) is 17.8 Å². The number of unbranched alkanes of at least 4 members (excludes halogenated alkanes) is 2. The molecule has 2 atom stereocenters. The number of thioether (sulfide) groups is 1. The number of rotatable bonds is 8. The van der Waals surface area contributed by atoms with Gasteiger partial charge < -0.3 is 5.11 Å². The van der Waals surface area contributed by atoms with E-state index >= 15 is 0 Å². The molecule has 0 saturated heterocycles. The van der Waals surface area contributed by atoms with Crippen LogP contribution in [0.3, 0.4) is 0 Å². The molecule has 0 saturated carbocycles. The summed E-state index contributed by atoms with van der Waals surface area (Å²) in [6.07, 6.45) is 2.69. The molecular formula is C19H21ClF2OS. The van der Waals surface area contributed by atoms with Crippen molar-refractivity contribution in [3.8, 4) is 0 Å². The molecule has 2 rings (SSSR count). The molecule has 0 radical (unpaired) electrons. The minimum Gasteiger partial charge on any atom is -0.392 e. The Hall–Kier alpha value is -1.10. The first-order chi connectivity index (χ1) is 11.5. The molecule has 1 nitrogen and oxygen atoms in total. The molecule has 0 fully saturated rings. The number of benzene rings is 2. The van der Waals surface area contributed by atoms with Crippen LogP contribution in [0.15, 0.2) is 47.4 Å². The Balaban J connectivity index is 2.26. The minimum absolute atomic E-state index is 0.193. The van der Waals surface area contributed by atoms with Gasteiger partial charge in [-0.3, -0.25) is 0 Å². The van der Waals surface area contributed by atoms with Crippen LogP contribution in [0, 0.1) is 11.6 Å². The molecule has 0 heterocycles. The van der Waals surface area contributed by atoms with Crippen LogP contribution in [0.1, 0.15) is 43.4 Å². The highest BCUT2D eigenvalue weighted by Gasteiger charge is 2.25. The van der Waals surface area contributed by atoms with Gasteiger partial charge in [0.2, 0.25) is 0 Å². The van der Waals surface area contributed by atoms with Crippen LogP contribution in [0.25, 0.3) is 0 Å². The van der Waals surface area contributed by atoms with E-state index in [9.17, 15) is 13.9 Å². The van der Waals surface area contributed by atoms with E-state index in [1.54, 1.807) is 12.1 Å². The average Bonchev–Trinajstić information content (AvgIpc) is 2.57. The predicted octanol–water partition coefficient (Wildman–Crippen LogP) is 6.39. The van der Waals surface area contributed by atoms with Crippen LogP contribution in [-0.2, 0) is 0 Å². The molecule has 0 aliphatic heterocycles. The monoisotopic (exact) mass is 370 g/mol. The Kier molecular flexibility index (Phi) is 7.53. The van der Waals surface area contributed by atoms with Gasteiger partial charge in [0.15, 0.2) is 0 Å². The second kappa shape index (κ2) is 9.40. The van der Waals surface area contributed by atoms with Crippen molar-refractivity contribution in [2.24, 2.45) is 0 Å². The summed E-state index contributed by atoms with van der Waals surface area (Å²) < 4.78 is 27.8. The zero-order valence-electron chi connectivity index (χ0n) is 13.5. The van der Waals surface area contributed by atoms with E-state index in [2.05, 4.69) is 6.92 Å². The van der Waals surface area contributed by atoms with Gasteiger partial charge in [0.05, 0.1) is 11.4 Å². The Morgan fingerprint density at radius 2 is 1.79 bits per heavy atom. The summed E-state index contributed by atoms with van der Waals surface area (Å²) in [7, 11) is 0. The maximum Gasteiger partial charge on any atom is 0.127 e. The zero-order valence-corrected chi connectivity index (χ0v) is 15.1. The van der Waals surface area contributed by atoms with Gasteiger partial charge in [-0.2, -0.15) is 0 Å². The first-order valence-corrected chi connectivity index (χ1v) is 9.32. The van der Waals surface area contributed by atoms with Crippen LogP contribution < -0.4 is 0 Å². The summed E-state index contributed by atoms with van der Waals surface area (Å²) in [5.41, 5.74) is 0.193. The lowest BCUT2D eigenvalue weighted by atomic mass is 10.0. The molecule has 2 aromatic rings. The first-order valence-electron chi connectivity index (χ1n) is 8.06. The third-order valence-corrected chi connectivity index (χ3v) is 5.41. The maximum atomic E-state index is 14.2. The summed E-state index contributed by atoms with van der Waals surface area (Å²) in [6, 6.07) is 10.5. The van der Waals surface area contributed by atoms with E-state index in [4.69, 9.17) is 11.6 Å². The van der Waals surface area contributed by atoms with E-state index in [0.29, 0.717) is 11.4 Å². The Labute approximate surface area is 151 Å². The summed E-state index contributed by atoms with van der Waals surface area (Å²) >= 11 is 7.21. The molecule has 24 heavy (non-hydrogen) atoms. The quantitative estimate of drug-likeness (QED) is 0.429. The van der Waals surface area contributed by atoms with E-state index in [0.717, 1.165) is 36.3 Å². The second-order valence-electron chi connectivity index (χ2n) is 5.72. The van der Waals surface area contributed by atoms with E-state index < -0.39 is 23.0 Å². The highest BCUT2D eigenvalue weighted by molar-refractivity contribution is 7.99. The Bertz CT molecular complexity index is 648. The van der Waals surface area contributed by atoms with Crippen molar-refractivity contribution in [2.45, 2.75) is 48.9 Å². The lowest BCUT2D eigenvalue weighted by molar-refractivity contribution is 0.156. The number of aliphatic hydroxyl groups excluding tert-OH is 1. The molecule has 1 N–H and O–H groups in total. The molecule has 2 aromatic carbocycles. The first kappa shape index (κ1) is 19.2. The smallest absolute Gasteiger partial charge is 0.127 e. The van der Waals surface area contributed by atoms with Gasteiger partial charge in [-0.1, -0.05) is 37.8 Å². The van der Waals surface area contributed by atoms with Crippen molar-refractivity contribution >= 4 is 23.4 Å². The van der Waals surface area contributed by atoms with Gasteiger partial charge in [0.1, 0.15) is 11.6 Å². The third-order valence-electron chi connectivity index (χ3n) is 3.79. The van der Waals surface area contributed by atoms with Crippen LogP contribution in [0.2, 0.25) is 5.02 Å². The summed E-state index contributed by atoms with van der Waals surface area (Å²) in [4.78, 5) is 0.850. The van der Waals surface area contributed by atoms with Gasteiger partial charge >= 0.3 is 0 Å². The standard InChI is InChI=1S/C19H21ClF2OS/c1-2-3-4-5-18(23)19(16-12-14(21)8-11-17(16)22)24-15-9-6-13(20)7-10-15/h6-12,18-19,23H,2-5H2,1H3. The zero-order chi connectivity index (χ0) is 17.5. The molecule has 0 amide bonds. The fourth-order valence-electron chi connectivity index (χ4n) is 2.50. The van der Waals surface area contributed by atoms with Crippen molar-refractivity contribution in [3.63, 3.8) is 0 Å². The molecule has 130 valence electrons. The third kappa shape index (κ3) is 5.47. The van der Waals surface area contributed by atoms with Gasteiger partial charge in [-0.25, -0.2) is 8.78 Å². The SMILES string of the molecule is CCCCCC(O)C(Sc1ccc(Cl)cc1)c1cc(F)ccc1F. The minimum atomic E-state index is -0.756. The molecular weight excluding hydrogens is 350 g/mol. The molecule has 2 unspecified atom stereocenters. The topological polar surface area (TPSA) is 20.2 Å². The number of aliphatic hydroxyl groups is 1. The van der Waals surface area contributed by atoms with Crippen LogP contribution >= 0.6 is 23.4 Å². The van der Waals surface area contributed by atoms with Gasteiger partial charge in [0, 0.05) is 15.5 Å². The Morgan fingerprint density at radius 1 is 1.08 bits per heavy atom. The lowest BCUT2D eigenvalue weighted by Gasteiger charge is -2.23. The second-order valence-corrected chi connectivity index (χ2v) is 7.37. The highest BCUT2D eigenvalue weighted by Crippen LogP contribution is 2.40. The van der Waals surface area contributed by atoms with Crippen LogP contribution in [0.5, 0.6) is 0 Å². The molecule has 0 aliphatic carbocycles. The van der Waals surface area contributed by atoms with E-state index in [-0.39, 0.29) is 5.56 Å². The largest absolute Gasteiger partial charge is 0.392 e. The van der Waals surface area contributed by atoms with Crippen molar-refractivity contribution < 1.29 is 13.9 Å². The number of hydrogen-bond donors (Lipinski definition) is 1. The van der Waals surface area contributed by atoms with Crippen molar-refractivity contribution in [1.29, 1.82) is 0 Å². The normalized spacial score (nSPS) is 13.7. The molecule has 5 heteroatoms. The van der Waals surface area contributed by atoms with Crippen LogP contribution in [-0.4, -0.2) is 11.2 Å². The molecule has 0 spiro atoms. The predicted molar refractivity (Wildman–Crippen MR) is 96.6 cm³/mol. The maximum absolute atomic E-state index is 14.2. The van der Waals surface area contributed by atoms with Crippen molar-refractivity contribution in [1.82, 2.24) is 0 Å². The number of halogens is 3. The van der Waals surface area contributed by atoms with Gasteiger partial charge in [0.25, 0.3) is 0 Å². The Morgan fingerprint density at radius 3 is 2.46 bits per heavy atom. The molecule has 0 aromatic heterocycles. The fourth-order valence-corrected chi connectivity index (χ4v) is 3.81. The van der Waals surface area contributed by atoms with Crippen molar-refractivity contribution in [3.05, 3.63) is 64.7 Å². The summed E-state index contributed by atoms with van der Waals surface area (Å²) in [5, 5.41) is 10.6. The average molecular weight is 371 g/mol. The van der Waals surface area contributed by atoms with Gasteiger partial charge in [-0.15, -0.1) is 11.8 Å². The molecule has 0 bridgehead atoms. The fraction of sp³-hybridized carbons (Fsp3) is 0.368. The summed E-state index contributed by atoms with van der Waals surface area (Å²) in [6.45, 7) is 2.08. The van der Waals surface area contributed by atoms with Crippen molar-refractivity contribution in [2.75, 3.05) is 0 Å². The molecule has 0 aliphatic rings.